The number of benzene rings is 1. The van der Waals surface area contributed by atoms with Crippen molar-refractivity contribution in [2.45, 2.75) is 39.3 Å². The van der Waals surface area contributed by atoms with Crippen LogP contribution in [0, 0.1) is 12.3 Å². The summed E-state index contributed by atoms with van der Waals surface area (Å²) < 4.78 is 7.70. The Hall–Kier alpha value is -2.41. The smallest absolute Gasteiger partial charge is 0.194 e. The Kier molecular flexibility index (Phi) is 5.35. The predicted octanol–water partition coefficient (Wildman–Crippen LogP) is 2.44. The van der Waals surface area contributed by atoms with Gasteiger partial charge in [0.2, 0.25) is 0 Å². The fourth-order valence-electron chi connectivity index (χ4n) is 4.08. The molecule has 28 heavy (non-hydrogen) atoms. The Morgan fingerprint density at radius 3 is 2.79 bits per heavy atom. The molecule has 0 aliphatic carbocycles. The lowest BCUT2D eigenvalue weighted by Gasteiger charge is -2.27. The maximum Gasteiger partial charge on any atom is 0.194 e. The highest BCUT2D eigenvalue weighted by Crippen LogP contribution is 2.38. The van der Waals surface area contributed by atoms with Crippen LogP contribution in [-0.4, -0.2) is 51.9 Å². The van der Waals surface area contributed by atoms with Crippen molar-refractivity contribution in [3.8, 4) is 0 Å². The zero-order valence-electron chi connectivity index (χ0n) is 17.1. The highest BCUT2D eigenvalue weighted by molar-refractivity contribution is 5.80. The predicted molar refractivity (Wildman–Crippen MR) is 109 cm³/mol. The van der Waals surface area contributed by atoms with Gasteiger partial charge in [-0.1, -0.05) is 30.3 Å². The molecule has 2 atom stereocenters. The fraction of sp³-hybridized carbons (Fsp3) is 0.571. The summed E-state index contributed by atoms with van der Waals surface area (Å²) in [6.45, 7) is 8.41. The topological polar surface area (TPSA) is 67.6 Å². The van der Waals surface area contributed by atoms with Crippen LogP contribution < -0.4 is 5.32 Å². The Morgan fingerprint density at radius 2 is 2.11 bits per heavy atom. The van der Waals surface area contributed by atoms with Crippen molar-refractivity contribution < 1.29 is 4.74 Å². The summed E-state index contributed by atoms with van der Waals surface area (Å²) in [6, 6.07) is 10.7. The molecule has 2 aliphatic heterocycles. The largest absolute Gasteiger partial charge is 0.381 e. The van der Waals surface area contributed by atoms with Crippen molar-refractivity contribution in [1.82, 2.24) is 25.0 Å². The van der Waals surface area contributed by atoms with Crippen molar-refractivity contribution in [2.75, 3.05) is 26.3 Å². The number of guanidine groups is 1. The minimum Gasteiger partial charge on any atom is -0.381 e. The quantitative estimate of drug-likeness (QED) is 0.650. The van der Waals surface area contributed by atoms with E-state index < -0.39 is 0 Å². The number of nitrogens with zero attached hydrogens (tertiary/aromatic N) is 5. The molecule has 2 aliphatic rings. The number of aliphatic imine (C=N–C) groups is 1. The van der Waals surface area contributed by atoms with E-state index >= 15 is 0 Å². The molecule has 0 bridgehead atoms. The second-order valence-corrected chi connectivity index (χ2v) is 8.11. The molecular formula is C21H30N6O. The number of nitrogens with one attached hydrogen (secondary N) is 1. The molecule has 2 unspecified atom stereocenters. The highest BCUT2D eigenvalue weighted by atomic mass is 16.5. The van der Waals surface area contributed by atoms with Crippen molar-refractivity contribution in [3.63, 3.8) is 0 Å². The molecule has 2 fully saturated rings. The lowest BCUT2D eigenvalue weighted by atomic mass is 9.87. The van der Waals surface area contributed by atoms with E-state index in [1.807, 2.05) is 24.6 Å². The molecule has 1 aromatic heterocycles. The molecule has 1 N–H and O–H groups in total. The second-order valence-electron chi connectivity index (χ2n) is 8.11. The lowest BCUT2D eigenvalue weighted by molar-refractivity contribution is 0.156. The van der Waals surface area contributed by atoms with Gasteiger partial charge in [0.05, 0.1) is 12.6 Å². The highest BCUT2D eigenvalue weighted by Gasteiger charge is 2.42. The van der Waals surface area contributed by atoms with E-state index in [2.05, 4.69) is 51.6 Å². The Labute approximate surface area is 166 Å². The summed E-state index contributed by atoms with van der Waals surface area (Å²) in [5.74, 6) is 2.73. The molecule has 2 aromatic rings. The number of likely N-dealkylation sites (tertiary alicyclic amines) is 1. The summed E-state index contributed by atoms with van der Waals surface area (Å²) in [4.78, 5) is 7.32. The van der Waals surface area contributed by atoms with Gasteiger partial charge in [-0.15, -0.1) is 10.2 Å². The van der Waals surface area contributed by atoms with Crippen LogP contribution in [0.4, 0.5) is 0 Å². The summed E-state index contributed by atoms with van der Waals surface area (Å²) in [7, 11) is 1.99. The van der Waals surface area contributed by atoms with Crippen LogP contribution in [0.5, 0.6) is 0 Å². The van der Waals surface area contributed by atoms with E-state index in [4.69, 9.17) is 9.73 Å². The van der Waals surface area contributed by atoms with Gasteiger partial charge in [-0.25, -0.2) is 4.99 Å². The van der Waals surface area contributed by atoms with E-state index in [1.165, 1.54) is 5.56 Å². The van der Waals surface area contributed by atoms with Crippen LogP contribution in [0.3, 0.4) is 0 Å². The van der Waals surface area contributed by atoms with Crippen LogP contribution in [0.1, 0.15) is 43.0 Å². The normalized spacial score (nSPS) is 23.5. The first-order valence-electron chi connectivity index (χ1n) is 10.1. The maximum atomic E-state index is 5.70. The van der Waals surface area contributed by atoms with Crippen LogP contribution >= 0.6 is 0 Å². The summed E-state index contributed by atoms with van der Waals surface area (Å²) in [5, 5.41) is 12.1. The zero-order chi connectivity index (χ0) is 19.6. The average molecular weight is 383 g/mol. The monoisotopic (exact) mass is 382 g/mol. The standard InChI is InChI=1S/C21H30N6O/c1-16(18-7-5-4-6-8-18)23-20(22-13-19-25-24-17(2)26(19)3)27-11-9-21(14-27)10-12-28-15-21/h4-8,16H,9-15H2,1-3H3,(H,22,23). The maximum absolute atomic E-state index is 5.70. The van der Waals surface area contributed by atoms with Crippen LogP contribution in [-0.2, 0) is 18.3 Å². The lowest BCUT2D eigenvalue weighted by Crippen LogP contribution is -2.42. The third-order valence-corrected chi connectivity index (χ3v) is 6.12. The molecule has 3 heterocycles. The number of ether oxygens (including phenoxy) is 1. The molecular weight excluding hydrogens is 352 g/mol. The molecule has 150 valence electrons. The zero-order valence-corrected chi connectivity index (χ0v) is 17.1. The molecule has 0 amide bonds. The van der Waals surface area contributed by atoms with Gasteiger partial charge in [0.25, 0.3) is 0 Å². The van der Waals surface area contributed by atoms with Crippen molar-refractivity contribution >= 4 is 5.96 Å². The molecule has 7 heteroatoms. The summed E-state index contributed by atoms with van der Waals surface area (Å²) in [5.41, 5.74) is 1.54. The fourth-order valence-corrected chi connectivity index (χ4v) is 4.08. The van der Waals surface area contributed by atoms with Gasteiger partial charge in [0.1, 0.15) is 12.4 Å². The number of hydrogen-bond acceptors (Lipinski definition) is 4. The Balaban J connectivity index is 1.54. The number of aromatic nitrogens is 3. The minimum absolute atomic E-state index is 0.178. The first kappa shape index (κ1) is 18.9. The van der Waals surface area contributed by atoms with Crippen LogP contribution in [0.25, 0.3) is 0 Å². The van der Waals surface area contributed by atoms with E-state index in [9.17, 15) is 0 Å². The minimum atomic E-state index is 0.178. The number of hydrogen-bond donors (Lipinski definition) is 1. The van der Waals surface area contributed by atoms with Gasteiger partial charge in [0.15, 0.2) is 11.8 Å². The van der Waals surface area contributed by atoms with Crippen LogP contribution in [0.2, 0.25) is 0 Å². The average Bonchev–Trinajstić information content (AvgIpc) is 3.43. The molecule has 1 aromatic carbocycles. The van der Waals surface area contributed by atoms with Gasteiger partial charge >= 0.3 is 0 Å². The van der Waals surface area contributed by atoms with Crippen molar-refractivity contribution in [1.29, 1.82) is 0 Å². The van der Waals surface area contributed by atoms with Gasteiger partial charge in [-0.3, -0.25) is 0 Å². The van der Waals surface area contributed by atoms with Gasteiger partial charge < -0.3 is 19.5 Å². The van der Waals surface area contributed by atoms with Gasteiger partial charge in [-0.2, -0.15) is 0 Å². The molecule has 1 spiro atoms. The van der Waals surface area contributed by atoms with Gasteiger partial charge in [0, 0.05) is 32.2 Å². The van der Waals surface area contributed by atoms with E-state index in [1.54, 1.807) is 0 Å². The molecule has 7 nitrogen and oxygen atoms in total. The van der Waals surface area contributed by atoms with Crippen molar-refractivity contribution in [2.24, 2.45) is 17.5 Å². The summed E-state index contributed by atoms with van der Waals surface area (Å²) >= 11 is 0. The number of aryl methyl sites for hydroxylation is 1. The molecule has 4 rings (SSSR count). The van der Waals surface area contributed by atoms with E-state index in [0.29, 0.717) is 12.0 Å². The Morgan fingerprint density at radius 1 is 1.29 bits per heavy atom. The Bertz CT molecular complexity index is 825. The van der Waals surface area contributed by atoms with E-state index in [-0.39, 0.29) is 6.04 Å². The first-order valence-corrected chi connectivity index (χ1v) is 10.1. The third-order valence-electron chi connectivity index (χ3n) is 6.12. The number of rotatable bonds is 4. The summed E-state index contributed by atoms with van der Waals surface area (Å²) in [6.07, 6.45) is 2.31. The van der Waals surface area contributed by atoms with Crippen LogP contribution in [0.15, 0.2) is 35.3 Å². The second kappa shape index (κ2) is 7.91. The molecule has 2 saturated heterocycles. The SMILES string of the molecule is Cc1nnc(CN=C(NC(C)c2ccccc2)N2CCC3(CCOC3)C2)n1C. The third kappa shape index (κ3) is 3.90. The van der Waals surface area contributed by atoms with Crippen molar-refractivity contribution in [3.05, 3.63) is 47.5 Å². The van der Waals surface area contributed by atoms with Gasteiger partial charge in [-0.05, 0) is 32.3 Å². The first-order chi connectivity index (χ1) is 13.6. The van der Waals surface area contributed by atoms with E-state index in [0.717, 1.165) is 56.8 Å². The molecule has 0 saturated carbocycles. The molecule has 0 radical (unpaired) electrons.